The maximum atomic E-state index is 4.12. The molecule has 14 aromatic rings. The van der Waals surface area contributed by atoms with Crippen molar-refractivity contribution in [3.05, 3.63) is 291 Å². The van der Waals surface area contributed by atoms with Gasteiger partial charge in [-0.25, -0.2) is 0 Å². The van der Waals surface area contributed by atoms with E-state index >= 15 is 0 Å². The lowest BCUT2D eigenvalue weighted by Gasteiger charge is -2.28. The number of rotatable bonds is 11. The van der Waals surface area contributed by atoms with Crippen LogP contribution in [-0.4, -0.2) is 9.13 Å². The van der Waals surface area contributed by atoms with Crippen LogP contribution in [0.1, 0.15) is 11.1 Å². The predicted octanol–water partition coefficient (Wildman–Crippen LogP) is 20.1. The van der Waals surface area contributed by atoms with Gasteiger partial charge in [-0.15, -0.1) is 0 Å². The normalized spacial score (nSPS) is 11.5. The molecule has 0 aliphatic heterocycles. The summed E-state index contributed by atoms with van der Waals surface area (Å²) in [5.74, 6) is 0. The van der Waals surface area contributed by atoms with E-state index in [1.165, 1.54) is 43.1 Å². The number of hydrogen-bond acceptors (Lipinski definition) is 2. The van der Waals surface area contributed by atoms with Crippen LogP contribution in [0.5, 0.6) is 0 Å². The maximum absolute atomic E-state index is 4.12. The molecule has 0 bridgehead atoms. The predicted molar refractivity (Wildman–Crippen MR) is 325 cm³/mol. The molecule has 76 heavy (non-hydrogen) atoms. The van der Waals surface area contributed by atoms with Gasteiger partial charge in [0, 0.05) is 66.4 Å². The van der Waals surface area contributed by atoms with Crippen molar-refractivity contribution in [3.8, 4) is 22.5 Å². The van der Waals surface area contributed by atoms with E-state index < -0.39 is 0 Å². The van der Waals surface area contributed by atoms with E-state index in [1.807, 2.05) is 12.2 Å². The molecule has 0 N–H and O–H groups in total. The number of hydrogen-bond donors (Lipinski definition) is 0. The first kappa shape index (κ1) is 44.5. The highest BCUT2D eigenvalue weighted by atomic mass is 15.2. The zero-order chi connectivity index (χ0) is 50.7. The van der Waals surface area contributed by atoms with Crippen molar-refractivity contribution in [2.75, 3.05) is 9.80 Å². The largest absolute Gasteiger partial charge is 0.310 e. The lowest BCUT2D eigenvalue weighted by Crippen LogP contribution is -2.10. The van der Waals surface area contributed by atoms with Crippen molar-refractivity contribution in [2.45, 2.75) is 0 Å². The zero-order valence-electron chi connectivity index (χ0n) is 41.8. The van der Waals surface area contributed by atoms with Gasteiger partial charge < -0.3 is 18.9 Å². The van der Waals surface area contributed by atoms with Gasteiger partial charge in [-0.05, 0) is 154 Å². The summed E-state index contributed by atoms with van der Waals surface area (Å²) in [7, 11) is 0. The third-order valence-electron chi connectivity index (χ3n) is 15.2. The number of nitrogens with zero attached hydrogens (tertiary/aromatic N) is 4. The van der Waals surface area contributed by atoms with Gasteiger partial charge in [0.1, 0.15) is 0 Å². The SMILES string of the molecule is C=Cc1ccc2c(c1)c1cc(N(c3ccc(-c4ccc(N(c5ccc6c(c5)c5cc(C=C)ccc5n6-c5ccccc5)c5cccc6ccccc56)cc4)cc3)c3cccc4ccccc34)ccc1n2-c1ccccc1. The van der Waals surface area contributed by atoms with Gasteiger partial charge in [0.05, 0.1) is 33.4 Å². The van der Waals surface area contributed by atoms with Crippen molar-refractivity contribution in [3.63, 3.8) is 0 Å². The Morgan fingerprint density at radius 1 is 0.276 bits per heavy atom. The molecule has 2 aromatic heterocycles. The average Bonchev–Trinajstić information content (AvgIpc) is 3.99. The first-order valence-corrected chi connectivity index (χ1v) is 25.9. The number of fused-ring (bicyclic) bond motifs is 8. The average molecular weight is 971 g/mol. The third kappa shape index (κ3) is 7.46. The van der Waals surface area contributed by atoms with Gasteiger partial charge in [0.15, 0.2) is 0 Å². The minimum Gasteiger partial charge on any atom is -0.310 e. The van der Waals surface area contributed by atoms with E-state index in [-0.39, 0.29) is 0 Å². The first-order valence-electron chi connectivity index (χ1n) is 25.9. The van der Waals surface area contributed by atoms with Gasteiger partial charge >= 0.3 is 0 Å². The van der Waals surface area contributed by atoms with Crippen molar-refractivity contribution in [1.29, 1.82) is 0 Å². The Hall–Kier alpha value is -10.2. The van der Waals surface area contributed by atoms with Crippen LogP contribution in [0, 0.1) is 0 Å². The summed E-state index contributed by atoms with van der Waals surface area (Å²) in [5, 5.41) is 9.49. The summed E-state index contributed by atoms with van der Waals surface area (Å²) < 4.78 is 4.74. The molecule has 0 aliphatic carbocycles. The Labute approximate surface area is 441 Å². The monoisotopic (exact) mass is 970 g/mol. The van der Waals surface area contributed by atoms with Crippen LogP contribution in [0.25, 0.3) is 99.8 Å². The molecule has 0 fully saturated rings. The van der Waals surface area contributed by atoms with Crippen LogP contribution in [0.15, 0.2) is 280 Å². The minimum atomic E-state index is 1.07. The van der Waals surface area contributed by atoms with Gasteiger partial charge in [-0.3, -0.25) is 0 Å². The highest BCUT2D eigenvalue weighted by molar-refractivity contribution is 6.13. The molecule has 0 saturated heterocycles. The number of anilines is 6. The number of aromatic nitrogens is 2. The van der Waals surface area contributed by atoms with Gasteiger partial charge in [0.2, 0.25) is 0 Å². The zero-order valence-corrected chi connectivity index (χ0v) is 41.8. The quantitative estimate of drug-likeness (QED) is 0.128. The Balaban J connectivity index is 0.879. The summed E-state index contributed by atoms with van der Waals surface area (Å²) in [6.45, 7) is 8.25. The summed E-state index contributed by atoms with van der Waals surface area (Å²) in [6.07, 6.45) is 3.86. The number of para-hydroxylation sites is 2. The van der Waals surface area contributed by atoms with Crippen LogP contribution in [-0.2, 0) is 0 Å². The van der Waals surface area contributed by atoms with E-state index in [4.69, 9.17) is 0 Å². The molecule has 0 radical (unpaired) electrons. The third-order valence-corrected chi connectivity index (χ3v) is 15.2. The topological polar surface area (TPSA) is 16.3 Å². The lowest BCUT2D eigenvalue weighted by atomic mass is 10.0. The van der Waals surface area contributed by atoms with Crippen molar-refractivity contribution in [2.24, 2.45) is 0 Å². The highest BCUT2D eigenvalue weighted by Gasteiger charge is 2.22. The Morgan fingerprint density at radius 2 is 0.618 bits per heavy atom. The molecule has 12 aromatic carbocycles. The summed E-state index contributed by atoms with van der Waals surface area (Å²) in [4.78, 5) is 4.82. The van der Waals surface area contributed by atoms with Crippen LogP contribution in [0.2, 0.25) is 0 Å². The second kappa shape index (κ2) is 18.4. The molecule has 4 nitrogen and oxygen atoms in total. The Kier molecular flexibility index (Phi) is 10.8. The molecule has 4 heteroatoms. The standard InChI is InChI=1S/C72H50N4/c1-3-49-29-41-69-63(45-49)65-47-59(39-43-71(65)75(69)55-21-7-5-8-22-55)73(67-27-15-19-53-17-11-13-25-61(53)67)57-35-31-51(32-36-57)52-33-37-58(38-34-52)74(68-28-16-20-54-18-12-14-26-62(54)68)60-40-44-72-66(48-60)64-46-50(4-2)30-42-70(64)76(72)56-23-9-6-10-24-56/h3-48H,1-2H2. The molecular weight excluding hydrogens is 921 g/mol. The fourth-order valence-electron chi connectivity index (χ4n) is 11.6. The van der Waals surface area contributed by atoms with Crippen molar-refractivity contribution < 1.29 is 0 Å². The molecule has 358 valence electrons. The van der Waals surface area contributed by atoms with E-state index in [0.29, 0.717) is 0 Å². The fourth-order valence-corrected chi connectivity index (χ4v) is 11.6. The summed E-state index contributed by atoms with van der Waals surface area (Å²) in [6, 6.07) is 97.0. The van der Waals surface area contributed by atoms with Crippen molar-refractivity contribution >= 4 is 111 Å². The molecule has 0 saturated carbocycles. The minimum absolute atomic E-state index is 1.07. The fraction of sp³-hybridized carbons (Fsp3) is 0. The molecule has 0 atom stereocenters. The Bertz CT molecular complexity index is 4240. The van der Waals surface area contributed by atoms with E-state index in [2.05, 4.69) is 299 Å². The highest BCUT2D eigenvalue weighted by Crippen LogP contribution is 2.45. The smallest absolute Gasteiger partial charge is 0.0542 e. The van der Waals surface area contributed by atoms with Gasteiger partial charge in [0.25, 0.3) is 0 Å². The molecule has 0 aliphatic rings. The lowest BCUT2D eigenvalue weighted by molar-refractivity contribution is 1.18. The van der Waals surface area contributed by atoms with Crippen LogP contribution in [0.3, 0.4) is 0 Å². The van der Waals surface area contributed by atoms with E-state index in [1.54, 1.807) is 0 Å². The van der Waals surface area contributed by atoms with Crippen LogP contribution < -0.4 is 9.80 Å². The molecule has 0 spiro atoms. The van der Waals surface area contributed by atoms with E-state index in [9.17, 15) is 0 Å². The molecule has 0 unspecified atom stereocenters. The Morgan fingerprint density at radius 3 is 1.03 bits per heavy atom. The summed E-state index contributed by atoms with van der Waals surface area (Å²) >= 11 is 0. The van der Waals surface area contributed by atoms with Crippen LogP contribution in [0.4, 0.5) is 34.1 Å². The van der Waals surface area contributed by atoms with Crippen LogP contribution >= 0.6 is 0 Å². The second-order valence-corrected chi connectivity index (χ2v) is 19.5. The van der Waals surface area contributed by atoms with E-state index in [0.717, 1.165) is 89.8 Å². The second-order valence-electron chi connectivity index (χ2n) is 19.5. The maximum Gasteiger partial charge on any atom is 0.0542 e. The van der Waals surface area contributed by atoms with Crippen molar-refractivity contribution in [1.82, 2.24) is 9.13 Å². The summed E-state index contributed by atoms with van der Waals surface area (Å²) in [5.41, 5.74) is 17.9. The molecule has 0 amide bonds. The van der Waals surface area contributed by atoms with Gasteiger partial charge in [-0.1, -0.05) is 171 Å². The number of benzene rings is 12. The first-order chi connectivity index (χ1) is 37.6. The molecule has 2 heterocycles. The molecule has 14 rings (SSSR count). The molecular formula is C72H50N4. The van der Waals surface area contributed by atoms with Gasteiger partial charge in [-0.2, -0.15) is 0 Å².